The zero-order chi connectivity index (χ0) is 12.3. The second kappa shape index (κ2) is 5.15. The Kier molecular flexibility index (Phi) is 3.59. The zero-order valence-corrected chi connectivity index (χ0v) is 10.6. The summed E-state index contributed by atoms with van der Waals surface area (Å²) in [5.41, 5.74) is 3.95. The van der Waals surface area contributed by atoms with Crippen LogP contribution in [0.5, 0.6) is 0 Å². The highest BCUT2D eigenvalue weighted by Crippen LogP contribution is 2.11. The molecule has 0 amide bonds. The van der Waals surface area contributed by atoms with Crippen molar-refractivity contribution in [3.05, 3.63) is 53.1 Å². The molecule has 1 aromatic carbocycles. The minimum Gasteiger partial charge on any atom is -0.347 e. The van der Waals surface area contributed by atoms with Crippen molar-refractivity contribution < 1.29 is 0 Å². The molecule has 0 bridgehead atoms. The first-order valence-electron chi connectivity index (χ1n) is 5.95. The van der Waals surface area contributed by atoms with Gasteiger partial charge < -0.3 is 10.3 Å². The van der Waals surface area contributed by atoms with Crippen molar-refractivity contribution in [2.24, 2.45) is 0 Å². The molecule has 1 atom stereocenters. The van der Waals surface area contributed by atoms with Gasteiger partial charge in [-0.05, 0) is 26.3 Å². The SMILES string of the molecule is Cc1cc(C)cc(CNC(C)c2ncc[nH]2)c1. The van der Waals surface area contributed by atoms with E-state index in [1.807, 2.05) is 6.20 Å². The van der Waals surface area contributed by atoms with E-state index in [4.69, 9.17) is 0 Å². The lowest BCUT2D eigenvalue weighted by atomic mass is 10.1. The number of nitrogens with one attached hydrogen (secondary N) is 2. The Morgan fingerprint density at radius 2 is 1.94 bits per heavy atom. The number of nitrogens with zero attached hydrogens (tertiary/aromatic N) is 1. The minimum atomic E-state index is 0.241. The predicted molar refractivity (Wildman–Crippen MR) is 69.8 cm³/mol. The topological polar surface area (TPSA) is 40.7 Å². The second-order valence-electron chi connectivity index (χ2n) is 4.57. The molecule has 1 heterocycles. The average Bonchev–Trinajstić information content (AvgIpc) is 2.78. The summed E-state index contributed by atoms with van der Waals surface area (Å²) in [4.78, 5) is 7.37. The van der Waals surface area contributed by atoms with E-state index in [1.54, 1.807) is 6.20 Å². The molecule has 1 aromatic heterocycles. The molecule has 2 rings (SSSR count). The Labute approximate surface area is 102 Å². The van der Waals surface area contributed by atoms with Crippen molar-refractivity contribution in [1.29, 1.82) is 0 Å². The molecular formula is C14H19N3. The first-order valence-corrected chi connectivity index (χ1v) is 5.95. The monoisotopic (exact) mass is 229 g/mol. The van der Waals surface area contributed by atoms with E-state index >= 15 is 0 Å². The number of aryl methyl sites for hydroxylation is 2. The molecular weight excluding hydrogens is 210 g/mol. The maximum Gasteiger partial charge on any atom is 0.122 e. The standard InChI is InChI=1S/C14H19N3/c1-10-6-11(2)8-13(7-10)9-17-12(3)14-15-4-5-16-14/h4-8,12,17H,9H2,1-3H3,(H,15,16). The first kappa shape index (κ1) is 11.9. The average molecular weight is 229 g/mol. The molecule has 0 saturated carbocycles. The van der Waals surface area contributed by atoms with E-state index in [2.05, 4.69) is 54.3 Å². The van der Waals surface area contributed by atoms with Crippen molar-refractivity contribution in [2.45, 2.75) is 33.4 Å². The lowest BCUT2D eigenvalue weighted by Crippen LogP contribution is -2.19. The van der Waals surface area contributed by atoms with Gasteiger partial charge in [0.15, 0.2) is 0 Å². The second-order valence-corrected chi connectivity index (χ2v) is 4.57. The van der Waals surface area contributed by atoms with Crippen LogP contribution in [0.15, 0.2) is 30.6 Å². The fourth-order valence-electron chi connectivity index (χ4n) is 2.05. The zero-order valence-electron chi connectivity index (χ0n) is 10.6. The van der Waals surface area contributed by atoms with Gasteiger partial charge in [-0.15, -0.1) is 0 Å². The number of hydrogen-bond acceptors (Lipinski definition) is 2. The van der Waals surface area contributed by atoms with Crippen LogP contribution in [0.4, 0.5) is 0 Å². The lowest BCUT2D eigenvalue weighted by molar-refractivity contribution is 0.550. The number of H-pyrrole nitrogens is 1. The van der Waals surface area contributed by atoms with Gasteiger partial charge in [0.2, 0.25) is 0 Å². The summed E-state index contributed by atoms with van der Waals surface area (Å²) in [5.74, 6) is 0.981. The van der Waals surface area contributed by atoms with Gasteiger partial charge in [0, 0.05) is 18.9 Å². The highest BCUT2D eigenvalue weighted by atomic mass is 15.0. The third-order valence-electron chi connectivity index (χ3n) is 2.82. The Morgan fingerprint density at radius 1 is 1.24 bits per heavy atom. The Bertz CT molecular complexity index is 454. The predicted octanol–water partition coefficient (Wildman–Crippen LogP) is 2.88. The van der Waals surface area contributed by atoms with Crippen molar-refractivity contribution in [2.75, 3.05) is 0 Å². The maximum absolute atomic E-state index is 4.25. The van der Waals surface area contributed by atoms with Gasteiger partial charge in [-0.1, -0.05) is 29.3 Å². The summed E-state index contributed by atoms with van der Waals surface area (Å²) in [6, 6.07) is 6.87. The van der Waals surface area contributed by atoms with Crippen LogP contribution in [0.3, 0.4) is 0 Å². The molecule has 0 aliphatic heterocycles. The number of benzene rings is 1. The van der Waals surface area contributed by atoms with E-state index < -0.39 is 0 Å². The fourth-order valence-corrected chi connectivity index (χ4v) is 2.05. The van der Waals surface area contributed by atoms with E-state index in [-0.39, 0.29) is 6.04 Å². The number of aromatic amines is 1. The van der Waals surface area contributed by atoms with Crippen molar-refractivity contribution in [3.8, 4) is 0 Å². The third kappa shape index (κ3) is 3.17. The molecule has 3 heteroatoms. The van der Waals surface area contributed by atoms with E-state index in [0.717, 1.165) is 12.4 Å². The number of imidazole rings is 1. The van der Waals surface area contributed by atoms with Gasteiger partial charge in [0.1, 0.15) is 5.82 Å². The normalized spacial score (nSPS) is 12.6. The van der Waals surface area contributed by atoms with Crippen LogP contribution in [0.1, 0.15) is 35.5 Å². The van der Waals surface area contributed by atoms with Gasteiger partial charge in [-0.3, -0.25) is 0 Å². The molecule has 0 aliphatic rings. The molecule has 90 valence electrons. The van der Waals surface area contributed by atoms with Crippen LogP contribution < -0.4 is 5.32 Å². The summed E-state index contributed by atoms with van der Waals surface area (Å²) in [6.07, 6.45) is 3.63. The molecule has 1 unspecified atom stereocenters. The van der Waals surface area contributed by atoms with Gasteiger partial charge >= 0.3 is 0 Å². The lowest BCUT2D eigenvalue weighted by Gasteiger charge is -2.12. The van der Waals surface area contributed by atoms with Gasteiger partial charge in [-0.25, -0.2) is 4.98 Å². The smallest absolute Gasteiger partial charge is 0.122 e. The van der Waals surface area contributed by atoms with Crippen molar-refractivity contribution in [3.63, 3.8) is 0 Å². The van der Waals surface area contributed by atoms with Crippen molar-refractivity contribution in [1.82, 2.24) is 15.3 Å². The molecule has 0 fully saturated rings. The summed E-state index contributed by atoms with van der Waals surface area (Å²) in [6.45, 7) is 7.24. The quantitative estimate of drug-likeness (QED) is 0.846. The Morgan fingerprint density at radius 3 is 2.53 bits per heavy atom. The molecule has 2 N–H and O–H groups in total. The molecule has 2 aromatic rings. The number of hydrogen-bond donors (Lipinski definition) is 2. The van der Waals surface area contributed by atoms with Gasteiger partial charge in [0.25, 0.3) is 0 Å². The molecule has 0 saturated heterocycles. The van der Waals surface area contributed by atoms with Gasteiger partial charge in [0.05, 0.1) is 6.04 Å². The largest absolute Gasteiger partial charge is 0.347 e. The highest BCUT2D eigenvalue weighted by molar-refractivity contribution is 5.28. The van der Waals surface area contributed by atoms with Crippen LogP contribution in [0, 0.1) is 13.8 Å². The van der Waals surface area contributed by atoms with E-state index in [1.165, 1.54) is 16.7 Å². The fraction of sp³-hybridized carbons (Fsp3) is 0.357. The molecule has 0 spiro atoms. The van der Waals surface area contributed by atoms with Gasteiger partial charge in [-0.2, -0.15) is 0 Å². The van der Waals surface area contributed by atoms with Crippen LogP contribution in [0.25, 0.3) is 0 Å². The Hall–Kier alpha value is -1.61. The highest BCUT2D eigenvalue weighted by Gasteiger charge is 2.06. The van der Waals surface area contributed by atoms with Crippen LogP contribution in [-0.2, 0) is 6.54 Å². The first-order chi connectivity index (χ1) is 8.15. The number of aromatic nitrogens is 2. The van der Waals surface area contributed by atoms with E-state index in [9.17, 15) is 0 Å². The summed E-state index contributed by atoms with van der Waals surface area (Å²) < 4.78 is 0. The van der Waals surface area contributed by atoms with Crippen molar-refractivity contribution >= 4 is 0 Å². The maximum atomic E-state index is 4.25. The molecule has 3 nitrogen and oxygen atoms in total. The minimum absolute atomic E-state index is 0.241. The molecule has 0 radical (unpaired) electrons. The van der Waals surface area contributed by atoms with Crippen LogP contribution in [-0.4, -0.2) is 9.97 Å². The van der Waals surface area contributed by atoms with Crippen LogP contribution >= 0.6 is 0 Å². The summed E-state index contributed by atoms with van der Waals surface area (Å²) in [7, 11) is 0. The van der Waals surface area contributed by atoms with E-state index in [0.29, 0.717) is 0 Å². The Balaban J connectivity index is 1.98. The summed E-state index contributed by atoms with van der Waals surface area (Å²) in [5, 5.41) is 3.46. The van der Waals surface area contributed by atoms with Crippen LogP contribution in [0.2, 0.25) is 0 Å². The number of rotatable bonds is 4. The molecule has 0 aliphatic carbocycles. The third-order valence-corrected chi connectivity index (χ3v) is 2.82. The summed E-state index contributed by atoms with van der Waals surface area (Å²) >= 11 is 0. The molecule has 17 heavy (non-hydrogen) atoms.